The van der Waals surface area contributed by atoms with Crippen LogP contribution in [0.4, 0.5) is 0 Å². The lowest BCUT2D eigenvalue weighted by atomic mass is 10.4. The van der Waals surface area contributed by atoms with E-state index in [0.717, 1.165) is 12.2 Å². The molecule has 68 valence electrons. The highest BCUT2D eigenvalue weighted by atomic mass is 17.1. The van der Waals surface area contributed by atoms with E-state index >= 15 is 0 Å². The van der Waals surface area contributed by atoms with Crippen molar-refractivity contribution in [3.05, 3.63) is 12.2 Å². The second kappa shape index (κ2) is 5.31. The van der Waals surface area contributed by atoms with Crippen LogP contribution < -0.4 is 0 Å². The summed E-state index contributed by atoms with van der Waals surface area (Å²) in [5, 5.41) is 7.78. The van der Waals surface area contributed by atoms with Gasteiger partial charge in [0.2, 0.25) is 0 Å². The van der Waals surface area contributed by atoms with Crippen molar-refractivity contribution in [2.75, 3.05) is 0 Å². The van der Waals surface area contributed by atoms with Gasteiger partial charge in [0, 0.05) is 12.2 Å². The predicted molar refractivity (Wildman–Crippen MR) is 39.1 cm³/mol. The lowest BCUT2D eigenvalue weighted by Crippen LogP contribution is -2.09. The minimum atomic E-state index is -1.02. The maximum Gasteiger partial charge on any atom is 0.365 e. The molecule has 0 bridgehead atoms. The van der Waals surface area contributed by atoms with Gasteiger partial charge in [0.15, 0.2) is 0 Å². The van der Waals surface area contributed by atoms with Crippen molar-refractivity contribution >= 4 is 11.9 Å². The van der Waals surface area contributed by atoms with Crippen molar-refractivity contribution in [1.29, 1.82) is 0 Å². The molecule has 0 aromatic heterocycles. The molecular weight excluding hydrogens is 164 g/mol. The summed E-state index contributed by atoms with van der Waals surface area (Å²) >= 11 is 0. The monoisotopic (exact) mass is 174 g/mol. The Kier molecular flexibility index (Phi) is 4.71. The number of carbonyl (C=O) groups excluding carboxylic acids is 2. The fourth-order valence-corrected chi connectivity index (χ4v) is 0.438. The van der Waals surface area contributed by atoms with Crippen molar-refractivity contribution < 1.29 is 24.5 Å². The van der Waals surface area contributed by atoms with Gasteiger partial charge < -0.3 is 4.74 Å². The summed E-state index contributed by atoms with van der Waals surface area (Å²) in [7, 11) is 0. The van der Waals surface area contributed by atoms with Crippen LogP contribution >= 0.6 is 0 Å². The van der Waals surface area contributed by atoms with Crippen LogP contribution in [-0.4, -0.2) is 23.3 Å². The molecule has 0 aromatic carbocycles. The number of rotatable bonds is 3. The first-order valence-corrected chi connectivity index (χ1v) is 3.30. The van der Waals surface area contributed by atoms with Crippen molar-refractivity contribution in [3.63, 3.8) is 0 Å². The minimum Gasteiger partial charge on any atom is -0.460 e. The molecule has 0 saturated heterocycles. The molecule has 1 N–H and O–H groups in total. The first kappa shape index (κ1) is 10.6. The summed E-state index contributed by atoms with van der Waals surface area (Å²) in [5.41, 5.74) is 0. The van der Waals surface area contributed by atoms with Gasteiger partial charge in [-0.1, -0.05) is 0 Å². The molecule has 5 heteroatoms. The normalized spacial score (nSPS) is 10.3. The molecule has 0 amide bonds. The molecule has 0 unspecified atom stereocenters. The molecule has 0 saturated carbocycles. The molecule has 0 aromatic rings. The molecule has 0 spiro atoms. The zero-order valence-corrected chi connectivity index (χ0v) is 6.81. The predicted octanol–water partition coefficient (Wildman–Crippen LogP) is 0.510. The Morgan fingerprint density at radius 2 is 1.75 bits per heavy atom. The molecule has 12 heavy (non-hydrogen) atoms. The van der Waals surface area contributed by atoms with Gasteiger partial charge in [-0.15, -0.1) is 0 Å². The van der Waals surface area contributed by atoms with Crippen molar-refractivity contribution in [2.45, 2.75) is 20.0 Å². The summed E-state index contributed by atoms with van der Waals surface area (Å²) in [6, 6.07) is 0. The van der Waals surface area contributed by atoms with Crippen molar-refractivity contribution in [1.82, 2.24) is 0 Å². The second-order valence-corrected chi connectivity index (χ2v) is 2.23. The topological polar surface area (TPSA) is 72.8 Å². The van der Waals surface area contributed by atoms with E-state index in [9.17, 15) is 9.59 Å². The highest BCUT2D eigenvalue weighted by molar-refractivity contribution is 5.91. The molecule has 0 aliphatic heterocycles. The van der Waals surface area contributed by atoms with Gasteiger partial charge in [-0.05, 0) is 13.8 Å². The Morgan fingerprint density at radius 3 is 2.17 bits per heavy atom. The van der Waals surface area contributed by atoms with E-state index in [1.54, 1.807) is 13.8 Å². The fraction of sp³-hybridized carbons (Fsp3) is 0.429. The van der Waals surface area contributed by atoms with Crippen LogP contribution in [0.1, 0.15) is 13.8 Å². The average Bonchev–Trinajstić information content (AvgIpc) is 1.99. The third-order valence-corrected chi connectivity index (χ3v) is 0.797. The van der Waals surface area contributed by atoms with Gasteiger partial charge in [-0.25, -0.2) is 9.59 Å². The smallest absolute Gasteiger partial charge is 0.365 e. The van der Waals surface area contributed by atoms with Gasteiger partial charge >= 0.3 is 11.9 Å². The molecule has 0 aliphatic carbocycles. The lowest BCUT2D eigenvalue weighted by molar-refractivity contribution is -0.228. The van der Waals surface area contributed by atoms with Crippen molar-refractivity contribution in [3.8, 4) is 0 Å². The largest absolute Gasteiger partial charge is 0.460 e. The third kappa shape index (κ3) is 5.43. The third-order valence-electron chi connectivity index (χ3n) is 0.797. The van der Waals surface area contributed by atoms with Crippen LogP contribution in [-0.2, 0) is 19.2 Å². The number of ether oxygens (including phenoxy) is 1. The molecule has 0 rings (SSSR count). The van der Waals surface area contributed by atoms with E-state index in [1.165, 1.54) is 0 Å². The zero-order chi connectivity index (χ0) is 9.56. The zero-order valence-electron chi connectivity index (χ0n) is 6.81. The summed E-state index contributed by atoms with van der Waals surface area (Å²) in [6.07, 6.45) is 1.40. The quantitative estimate of drug-likeness (QED) is 0.292. The van der Waals surface area contributed by atoms with Crippen LogP contribution in [0.15, 0.2) is 12.2 Å². The number of hydrogen-bond donors (Lipinski definition) is 1. The SMILES string of the molecule is CC(C)OC(=O)/C=C/C(=O)OO. The van der Waals surface area contributed by atoms with Crippen LogP contribution in [0, 0.1) is 0 Å². The number of carbonyl (C=O) groups is 2. The molecule has 0 radical (unpaired) electrons. The standard InChI is InChI=1S/C7H10O5/c1-5(2)11-6(8)3-4-7(9)12-10/h3-5,10H,1-2H3/b4-3+. The van der Waals surface area contributed by atoms with Crippen LogP contribution in [0.2, 0.25) is 0 Å². The number of esters is 1. The second-order valence-electron chi connectivity index (χ2n) is 2.23. The Hall–Kier alpha value is -1.36. The Labute approximate surface area is 69.5 Å². The maximum absolute atomic E-state index is 10.7. The molecule has 0 fully saturated rings. The van der Waals surface area contributed by atoms with Gasteiger partial charge in [-0.2, -0.15) is 5.26 Å². The number of hydrogen-bond acceptors (Lipinski definition) is 5. The molecule has 0 aliphatic rings. The Morgan fingerprint density at radius 1 is 1.25 bits per heavy atom. The molecular formula is C7H10O5. The van der Waals surface area contributed by atoms with E-state index in [0.29, 0.717) is 0 Å². The van der Waals surface area contributed by atoms with Crippen LogP contribution in [0.3, 0.4) is 0 Å². The minimum absolute atomic E-state index is 0.243. The summed E-state index contributed by atoms with van der Waals surface area (Å²) in [5.74, 6) is -1.67. The highest BCUT2D eigenvalue weighted by Gasteiger charge is 2.01. The van der Waals surface area contributed by atoms with E-state index in [4.69, 9.17) is 5.26 Å². The van der Waals surface area contributed by atoms with Gasteiger partial charge in [-0.3, -0.25) is 4.89 Å². The molecule has 0 heterocycles. The van der Waals surface area contributed by atoms with Gasteiger partial charge in [0.05, 0.1) is 6.10 Å². The Bertz CT molecular complexity index is 194. The summed E-state index contributed by atoms with van der Waals surface area (Å²) < 4.78 is 4.63. The van der Waals surface area contributed by atoms with E-state index < -0.39 is 11.9 Å². The van der Waals surface area contributed by atoms with Crippen molar-refractivity contribution in [2.24, 2.45) is 0 Å². The van der Waals surface area contributed by atoms with E-state index in [2.05, 4.69) is 9.62 Å². The summed E-state index contributed by atoms with van der Waals surface area (Å²) in [4.78, 5) is 24.2. The van der Waals surface area contributed by atoms with Gasteiger partial charge in [0.1, 0.15) is 0 Å². The Balaban J connectivity index is 3.83. The molecule has 5 nitrogen and oxygen atoms in total. The van der Waals surface area contributed by atoms with E-state index in [1.807, 2.05) is 0 Å². The first-order valence-electron chi connectivity index (χ1n) is 3.30. The first-order chi connectivity index (χ1) is 5.56. The average molecular weight is 174 g/mol. The lowest BCUT2D eigenvalue weighted by Gasteiger charge is -2.03. The molecule has 0 atom stereocenters. The fourth-order valence-electron chi connectivity index (χ4n) is 0.438. The highest BCUT2D eigenvalue weighted by Crippen LogP contribution is 1.90. The maximum atomic E-state index is 10.7. The summed E-state index contributed by atoms with van der Waals surface area (Å²) in [6.45, 7) is 3.35. The van der Waals surface area contributed by atoms with E-state index in [-0.39, 0.29) is 6.10 Å². The van der Waals surface area contributed by atoms with Gasteiger partial charge in [0.25, 0.3) is 0 Å². The van der Waals surface area contributed by atoms with Crippen LogP contribution in [0.5, 0.6) is 0 Å². The van der Waals surface area contributed by atoms with Crippen LogP contribution in [0.25, 0.3) is 0 Å².